The van der Waals surface area contributed by atoms with Gasteiger partial charge in [0.25, 0.3) is 0 Å². The monoisotopic (exact) mass is 459 g/mol. The van der Waals surface area contributed by atoms with Crippen LogP contribution in [-0.2, 0) is 31.1 Å². The Morgan fingerprint density at radius 3 is 2.23 bits per heavy atom. The molecule has 31 heavy (non-hydrogen) atoms. The van der Waals surface area contributed by atoms with Crippen molar-refractivity contribution in [2.45, 2.75) is 35.5 Å². The third-order valence-electron chi connectivity index (χ3n) is 6.25. The Kier molecular flexibility index (Phi) is 5.66. The SMILES string of the molecule is CS(=O)(=O)c1ccc(S(=O)(=O)N2CC=C3CC(=O)CCC3(Cc3ccccc3)C2)cc1. The van der Waals surface area contributed by atoms with Crippen molar-refractivity contribution in [2.75, 3.05) is 19.3 Å². The Hall–Kier alpha value is -2.29. The number of hydrogen-bond acceptors (Lipinski definition) is 5. The Morgan fingerprint density at radius 2 is 1.58 bits per heavy atom. The summed E-state index contributed by atoms with van der Waals surface area (Å²) in [6.45, 7) is 0.506. The molecule has 0 amide bonds. The molecule has 0 N–H and O–H groups in total. The number of fused-ring (bicyclic) bond motifs is 1. The van der Waals surface area contributed by atoms with Gasteiger partial charge in [-0.15, -0.1) is 0 Å². The molecule has 1 heterocycles. The third kappa shape index (κ3) is 4.37. The summed E-state index contributed by atoms with van der Waals surface area (Å²) in [6.07, 6.45) is 5.10. The number of carbonyl (C=O) groups excluding carboxylic acids is 1. The van der Waals surface area contributed by atoms with Gasteiger partial charge in [0.1, 0.15) is 5.78 Å². The van der Waals surface area contributed by atoms with Gasteiger partial charge in [-0.3, -0.25) is 4.79 Å². The molecular formula is C23H25NO5S2. The predicted octanol–water partition coefficient (Wildman–Crippen LogP) is 3.00. The first-order valence-corrected chi connectivity index (χ1v) is 13.5. The third-order valence-corrected chi connectivity index (χ3v) is 9.20. The summed E-state index contributed by atoms with van der Waals surface area (Å²) in [5, 5.41) is 0. The van der Waals surface area contributed by atoms with E-state index in [9.17, 15) is 21.6 Å². The van der Waals surface area contributed by atoms with E-state index < -0.39 is 25.3 Å². The maximum atomic E-state index is 13.4. The van der Waals surface area contributed by atoms with Crippen molar-refractivity contribution < 1.29 is 21.6 Å². The van der Waals surface area contributed by atoms with E-state index in [0.717, 1.165) is 17.4 Å². The van der Waals surface area contributed by atoms with Gasteiger partial charge in [0.2, 0.25) is 10.0 Å². The second-order valence-electron chi connectivity index (χ2n) is 8.43. The van der Waals surface area contributed by atoms with E-state index in [2.05, 4.69) is 0 Å². The van der Waals surface area contributed by atoms with Crippen LogP contribution < -0.4 is 0 Å². The van der Waals surface area contributed by atoms with Crippen molar-refractivity contribution in [3.05, 3.63) is 71.8 Å². The van der Waals surface area contributed by atoms with Crippen LogP contribution in [0.25, 0.3) is 0 Å². The molecule has 2 aliphatic rings. The first kappa shape index (κ1) is 21.9. The lowest BCUT2D eigenvalue weighted by Crippen LogP contribution is -2.49. The molecule has 1 atom stereocenters. The standard InChI is InChI=1S/C23H25NO5S2/c1-30(26,27)21-7-9-22(10-8-21)31(28,29)24-14-12-19-15-20(25)11-13-23(19,17-24)16-18-5-3-2-4-6-18/h2-10,12H,11,13-17H2,1H3. The smallest absolute Gasteiger partial charge is 0.243 e. The number of Topliss-reactive ketones (excluding diaryl/α,β-unsaturated/α-hetero) is 1. The summed E-state index contributed by atoms with van der Waals surface area (Å²) < 4.78 is 51.6. The van der Waals surface area contributed by atoms with Gasteiger partial charge in [-0.05, 0) is 42.7 Å². The molecule has 0 spiro atoms. The van der Waals surface area contributed by atoms with Gasteiger partial charge in [-0.25, -0.2) is 16.8 Å². The summed E-state index contributed by atoms with van der Waals surface area (Å²) in [5.41, 5.74) is 1.73. The Bertz CT molecular complexity index is 1230. The molecule has 164 valence electrons. The van der Waals surface area contributed by atoms with Crippen molar-refractivity contribution >= 4 is 25.6 Å². The summed E-state index contributed by atoms with van der Waals surface area (Å²) >= 11 is 0. The molecular weight excluding hydrogens is 434 g/mol. The number of sulfonamides is 1. The lowest BCUT2D eigenvalue weighted by molar-refractivity contribution is -0.120. The number of nitrogens with zero attached hydrogens (tertiary/aromatic N) is 1. The van der Waals surface area contributed by atoms with Gasteiger partial charge in [0.05, 0.1) is 9.79 Å². The van der Waals surface area contributed by atoms with Crippen molar-refractivity contribution in [1.29, 1.82) is 0 Å². The van der Waals surface area contributed by atoms with Crippen LogP contribution in [0, 0.1) is 5.41 Å². The summed E-state index contributed by atoms with van der Waals surface area (Å²) in [6, 6.07) is 15.3. The van der Waals surface area contributed by atoms with E-state index in [0.29, 0.717) is 32.2 Å². The van der Waals surface area contributed by atoms with Crippen LogP contribution in [0.15, 0.2) is 76.0 Å². The summed E-state index contributed by atoms with van der Waals surface area (Å²) in [7, 11) is -7.22. The number of sulfone groups is 1. The zero-order valence-corrected chi connectivity index (χ0v) is 19.0. The molecule has 6 nitrogen and oxygen atoms in total. The lowest BCUT2D eigenvalue weighted by atomic mass is 9.65. The van der Waals surface area contributed by atoms with Crippen molar-refractivity contribution in [1.82, 2.24) is 4.31 Å². The van der Waals surface area contributed by atoms with Gasteiger partial charge in [0.15, 0.2) is 9.84 Å². The van der Waals surface area contributed by atoms with Gasteiger partial charge in [0, 0.05) is 37.6 Å². The highest BCUT2D eigenvalue weighted by atomic mass is 32.2. The van der Waals surface area contributed by atoms with E-state index in [1.165, 1.54) is 28.6 Å². The van der Waals surface area contributed by atoms with E-state index in [-0.39, 0.29) is 22.1 Å². The minimum absolute atomic E-state index is 0.0681. The average molecular weight is 460 g/mol. The zero-order chi connectivity index (χ0) is 22.3. The van der Waals surface area contributed by atoms with Crippen molar-refractivity contribution in [3.63, 3.8) is 0 Å². The zero-order valence-electron chi connectivity index (χ0n) is 17.3. The molecule has 1 saturated carbocycles. The largest absolute Gasteiger partial charge is 0.299 e. The van der Waals surface area contributed by atoms with Crippen molar-refractivity contribution in [2.24, 2.45) is 5.41 Å². The molecule has 0 bridgehead atoms. The quantitative estimate of drug-likeness (QED) is 0.642. The van der Waals surface area contributed by atoms with Gasteiger partial charge < -0.3 is 0 Å². The lowest BCUT2D eigenvalue weighted by Gasteiger charge is -2.45. The fourth-order valence-corrected chi connectivity index (χ4v) is 6.64. The molecule has 0 radical (unpaired) electrons. The second-order valence-corrected chi connectivity index (χ2v) is 12.4. The minimum Gasteiger partial charge on any atom is -0.299 e. The molecule has 4 rings (SSSR count). The van der Waals surface area contributed by atoms with Crippen molar-refractivity contribution in [3.8, 4) is 0 Å². The molecule has 1 aliphatic heterocycles. The molecule has 2 aromatic carbocycles. The molecule has 0 aromatic heterocycles. The minimum atomic E-state index is -3.81. The van der Waals surface area contributed by atoms with Crippen LogP contribution >= 0.6 is 0 Å². The molecule has 0 saturated heterocycles. The number of carbonyl (C=O) groups is 1. The molecule has 2 aromatic rings. The number of rotatable bonds is 5. The van der Waals surface area contributed by atoms with E-state index in [4.69, 9.17) is 0 Å². The van der Waals surface area contributed by atoms with Crippen LogP contribution in [0.5, 0.6) is 0 Å². The van der Waals surface area contributed by atoms with Crippen LogP contribution in [0.1, 0.15) is 24.8 Å². The molecule has 1 aliphatic carbocycles. The number of ketones is 1. The Labute approximate surface area is 183 Å². The maximum Gasteiger partial charge on any atom is 0.243 e. The average Bonchev–Trinajstić information content (AvgIpc) is 2.74. The topological polar surface area (TPSA) is 88.6 Å². The maximum absolute atomic E-state index is 13.4. The highest BCUT2D eigenvalue weighted by Crippen LogP contribution is 2.46. The van der Waals surface area contributed by atoms with E-state index in [1.54, 1.807) is 0 Å². The van der Waals surface area contributed by atoms with Crippen LogP contribution in [0.3, 0.4) is 0 Å². The van der Waals surface area contributed by atoms with E-state index in [1.807, 2.05) is 36.4 Å². The van der Waals surface area contributed by atoms with Gasteiger partial charge in [-0.1, -0.05) is 42.0 Å². The first-order chi connectivity index (χ1) is 14.6. The fraction of sp³-hybridized carbons (Fsp3) is 0.348. The number of benzene rings is 2. The molecule has 1 unspecified atom stereocenters. The van der Waals surface area contributed by atoms with Crippen LogP contribution in [0.4, 0.5) is 0 Å². The number of hydrogen-bond donors (Lipinski definition) is 0. The summed E-state index contributed by atoms with van der Waals surface area (Å²) in [4.78, 5) is 12.3. The van der Waals surface area contributed by atoms with E-state index >= 15 is 0 Å². The summed E-state index contributed by atoms with van der Waals surface area (Å²) in [5.74, 6) is 0.197. The molecule has 1 fully saturated rings. The van der Waals surface area contributed by atoms with Gasteiger partial charge in [-0.2, -0.15) is 4.31 Å². The van der Waals surface area contributed by atoms with Crippen LogP contribution in [-0.4, -0.2) is 46.3 Å². The predicted molar refractivity (Wildman–Crippen MR) is 118 cm³/mol. The highest BCUT2D eigenvalue weighted by molar-refractivity contribution is 7.90. The Balaban J connectivity index is 1.68. The van der Waals surface area contributed by atoms with Gasteiger partial charge >= 0.3 is 0 Å². The Morgan fingerprint density at radius 1 is 0.935 bits per heavy atom. The van der Waals surface area contributed by atoms with Crippen LogP contribution in [0.2, 0.25) is 0 Å². The second kappa shape index (κ2) is 8.00. The fourth-order valence-electron chi connectivity index (χ4n) is 4.55. The molecule has 8 heteroatoms. The first-order valence-electron chi connectivity index (χ1n) is 10.2. The normalized spacial score (nSPS) is 22.6. The highest BCUT2D eigenvalue weighted by Gasteiger charge is 2.45.